The van der Waals surface area contributed by atoms with E-state index in [1.54, 1.807) is 0 Å². The van der Waals surface area contributed by atoms with Crippen molar-refractivity contribution in [2.45, 2.75) is 70.6 Å². The highest BCUT2D eigenvalue weighted by molar-refractivity contribution is 6.05. The molecule has 0 radical (unpaired) electrons. The number of hydrogen-bond donors (Lipinski definition) is 2. The summed E-state index contributed by atoms with van der Waals surface area (Å²) in [4.78, 5) is 24.1. The molecule has 2 aliphatic carbocycles. The van der Waals surface area contributed by atoms with Crippen LogP contribution in [0, 0.1) is 0 Å². The van der Waals surface area contributed by atoms with Gasteiger partial charge in [0.1, 0.15) is 0 Å². The molecule has 0 aromatic heterocycles. The minimum Gasteiger partial charge on any atom is -0.273 e. The monoisotopic (exact) mass is 444 g/mol. The summed E-state index contributed by atoms with van der Waals surface area (Å²) in [6.07, 6.45) is 9.37. The highest BCUT2D eigenvalue weighted by Gasteiger charge is 2.18. The quantitative estimate of drug-likeness (QED) is 0.413. The fraction of sp³-hybridized carbons (Fsp3) is 0.407. The lowest BCUT2D eigenvalue weighted by molar-refractivity contribution is -0.121. The maximum Gasteiger partial charge on any atom is 0.240 e. The first-order chi connectivity index (χ1) is 16.2. The number of benzene rings is 2. The first kappa shape index (κ1) is 22.9. The van der Waals surface area contributed by atoms with E-state index in [1.165, 1.54) is 11.1 Å². The molecule has 2 amide bonds. The lowest BCUT2D eigenvalue weighted by Gasteiger charge is -2.04. The predicted octanol–water partition coefficient (Wildman–Crippen LogP) is 4.65. The molecular weight excluding hydrogens is 412 g/mol. The van der Waals surface area contributed by atoms with Crippen LogP contribution in [0.15, 0.2) is 58.7 Å². The number of carbonyl (C=O) groups is 2. The van der Waals surface area contributed by atoms with Gasteiger partial charge in [0.15, 0.2) is 0 Å². The molecule has 6 heteroatoms. The van der Waals surface area contributed by atoms with Gasteiger partial charge in [-0.2, -0.15) is 10.2 Å². The van der Waals surface area contributed by atoms with E-state index in [9.17, 15) is 9.59 Å². The molecule has 172 valence electrons. The summed E-state index contributed by atoms with van der Waals surface area (Å²) in [5, 5.41) is 8.67. The third-order valence-electron chi connectivity index (χ3n) is 6.36. The Labute approximate surface area is 195 Å². The second kappa shape index (κ2) is 11.5. The molecule has 0 heterocycles. The molecule has 0 aliphatic heterocycles. The summed E-state index contributed by atoms with van der Waals surface area (Å²) in [6, 6.07) is 16.5. The molecule has 0 spiro atoms. The van der Waals surface area contributed by atoms with Gasteiger partial charge in [-0.15, -0.1) is 0 Å². The van der Waals surface area contributed by atoms with Gasteiger partial charge < -0.3 is 0 Å². The van der Waals surface area contributed by atoms with Crippen LogP contribution in [-0.4, -0.2) is 23.2 Å². The van der Waals surface area contributed by atoms with Crippen LogP contribution < -0.4 is 10.9 Å². The molecular formula is C27H32N4O2. The molecule has 2 N–H and O–H groups in total. The van der Waals surface area contributed by atoms with E-state index in [0.29, 0.717) is 12.8 Å². The number of carbonyl (C=O) groups excluding carboxylic acids is 2. The van der Waals surface area contributed by atoms with Gasteiger partial charge in [0, 0.05) is 24.0 Å². The van der Waals surface area contributed by atoms with Crippen molar-refractivity contribution in [1.29, 1.82) is 0 Å². The van der Waals surface area contributed by atoms with Gasteiger partial charge in [-0.25, -0.2) is 10.9 Å². The fourth-order valence-corrected chi connectivity index (χ4v) is 4.52. The van der Waals surface area contributed by atoms with E-state index >= 15 is 0 Å². The van der Waals surface area contributed by atoms with Crippen molar-refractivity contribution in [3.05, 3.63) is 70.8 Å². The average molecular weight is 445 g/mol. The van der Waals surface area contributed by atoms with E-state index in [2.05, 4.69) is 45.3 Å². The predicted molar refractivity (Wildman–Crippen MR) is 131 cm³/mol. The third kappa shape index (κ3) is 6.37. The number of nitrogens with zero attached hydrogens (tertiary/aromatic N) is 2. The molecule has 0 fully saturated rings. The van der Waals surface area contributed by atoms with E-state index in [4.69, 9.17) is 0 Å². The Morgan fingerprint density at radius 1 is 0.606 bits per heavy atom. The van der Waals surface area contributed by atoms with Crippen molar-refractivity contribution >= 4 is 23.2 Å². The van der Waals surface area contributed by atoms with Crippen molar-refractivity contribution in [3.63, 3.8) is 0 Å². The van der Waals surface area contributed by atoms with Gasteiger partial charge in [0.05, 0.1) is 11.4 Å². The molecule has 2 aromatic carbocycles. The lowest BCUT2D eigenvalue weighted by Crippen LogP contribution is -2.19. The highest BCUT2D eigenvalue weighted by Crippen LogP contribution is 2.22. The zero-order valence-corrected chi connectivity index (χ0v) is 19.1. The summed E-state index contributed by atoms with van der Waals surface area (Å²) in [5.74, 6) is -0.0577. The Kier molecular flexibility index (Phi) is 8.01. The van der Waals surface area contributed by atoms with Crippen molar-refractivity contribution < 1.29 is 9.59 Å². The molecule has 2 aliphatic rings. The second-order valence-corrected chi connectivity index (χ2v) is 8.77. The minimum atomic E-state index is -0.0288. The zero-order chi connectivity index (χ0) is 22.9. The van der Waals surface area contributed by atoms with E-state index < -0.39 is 0 Å². The summed E-state index contributed by atoms with van der Waals surface area (Å²) in [6.45, 7) is 0. The number of nitrogens with one attached hydrogen (secondary N) is 2. The van der Waals surface area contributed by atoms with Crippen LogP contribution in [0.5, 0.6) is 0 Å². The van der Waals surface area contributed by atoms with Crippen LogP contribution >= 0.6 is 0 Å². The number of aryl methyl sites for hydroxylation is 2. The summed E-state index contributed by atoms with van der Waals surface area (Å²) in [5.41, 5.74) is 12.3. The SMILES string of the molecule is O=C(CCCCCCCC(=O)NN=C1CCc2ccccc21)NN=C1CCc2ccccc21. The molecule has 0 saturated heterocycles. The Bertz CT molecular complexity index is 974. The highest BCUT2D eigenvalue weighted by atomic mass is 16.2. The van der Waals surface area contributed by atoms with E-state index in [1.807, 2.05) is 24.3 Å². The smallest absolute Gasteiger partial charge is 0.240 e. The van der Waals surface area contributed by atoms with Gasteiger partial charge in [0.2, 0.25) is 11.8 Å². The molecule has 33 heavy (non-hydrogen) atoms. The molecule has 0 atom stereocenters. The average Bonchev–Trinajstić information content (AvgIpc) is 3.45. The van der Waals surface area contributed by atoms with E-state index in [-0.39, 0.29) is 11.8 Å². The number of amides is 2. The Morgan fingerprint density at radius 3 is 1.52 bits per heavy atom. The van der Waals surface area contributed by atoms with Crippen LogP contribution in [0.4, 0.5) is 0 Å². The topological polar surface area (TPSA) is 82.9 Å². The summed E-state index contributed by atoms with van der Waals surface area (Å²) < 4.78 is 0. The molecule has 6 nitrogen and oxygen atoms in total. The Balaban J connectivity index is 1.05. The lowest BCUT2D eigenvalue weighted by atomic mass is 10.1. The first-order valence-electron chi connectivity index (χ1n) is 12.1. The molecule has 2 aromatic rings. The summed E-state index contributed by atoms with van der Waals surface area (Å²) in [7, 11) is 0. The van der Waals surface area contributed by atoms with Crippen LogP contribution in [0.3, 0.4) is 0 Å². The maximum absolute atomic E-state index is 12.1. The van der Waals surface area contributed by atoms with Gasteiger partial charge >= 0.3 is 0 Å². The largest absolute Gasteiger partial charge is 0.273 e. The van der Waals surface area contributed by atoms with Gasteiger partial charge in [-0.1, -0.05) is 67.8 Å². The van der Waals surface area contributed by atoms with Crippen molar-refractivity contribution in [2.24, 2.45) is 10.2 Å². The first-order valence-corrected chi connectivity index (χ1v) is 12.1. The fourth-order valence-electron chi connectivity index (χ4n) is 4.52. The second-order valence-electron chi connectivity index (χ2n) is 8.77. The van der Waals surface area contributed by atoms with E-state index in [0.717, 1.165) is 80.3 Å². The van der Waals surface area contributed by atoms with Crippen LogP contribution in [-0.2, 0) is 22.4 Å². The normalized spacial score (nSPS) is 16.6. The molecule has 0 bridgehead atoms. The molecule has 0 unspecified atom stereocenters. The van der Waals surface area contributed by atoms with Crippen LogP contribution in [0.2, 0.25) is 0 Å². The number of hydrogen-bond acceptors (Lipinski definition) is 4. The number of unbranched alkanes of at least 4 members (excludes halogenated alkanes) is 4. The number of hydrazone groups is 2. The minimum absolute atomic E-state index is 0.0288. The standard InChI is InChI=1S/C27H32N4O2/c32-26(30-28-24-18-16-20-10-6-8-12-22(20)24)14-4-2-1-3-5-15-27(33)31-29-25-19-17-21-11-7-9-13-23(21)25/h6-13H,1-5,14-19H2,(H,30,32)(H,31,33). The van der Waals surface area contributed by atoms with Gasteiger partial charge in [-0.3, -0.25) is 9.59 Å². The van der Waals surface area contributed by atoms with Crippen molar-refractivity contribution in [1.82, 2.24) is 10.9 Å². The Hall–Kier alpha value is -3.28. The summed E-state index contributed by atoms with van der Waals surface area (Å²) >= 11 is 0. The van der Waals surface area contributed by atoms with Crippen molar-refractivity contribution in [3.8, 4) is 0 Å². The van der Waals surface area contributed by atoms with Gasteiger partial charge in [0.25, 0.3) is 0 Å². The van der Waals surface area contributed by atoms with Crippen LogP contribution in [0.1, 0.15) is 80.0 Å². The Morgan fingerprint density at radius 2 is 1.03 bits per heavy atom. The molecule has 0 saturated carbocycles. The van der Waals surface area contributed by atoms with Crippen molar-refractivity contribution in [2.75, 3.05) is 0 Å². The van der Waals surface area contributed by atoms with Gasteiger partial charge in [-0.05, 0) is 49.7 Å². The zero-order valence-electron chi connectivity index (χ0n) is 19.1. The van der Waals surface area contributed by atoms with Crippen LogP contribution in [0.25, 0.3) is 0 Å². The number of fused-ring (bicyclic) bond motifs is 2. The number of rotatable bonds is 10. The maximum atomic E-state index is 12.1. The third-order valence-corrected chi connectivity index (χ3v) is 6.36. The molecule has 4 rings (SSSR count).